The van der Waals surface area contributed by atoms with Crippen LogP contribution in [0.3, 0.4) is 0 Å². The highest BCUT2D eigenvalue weighted by molar-refractivity contribution is 6.29. The molecule has 1 saturated heterocycles. The number of nitrogens with zero attached hydrogens (tertiary/aromatic N) is 3. The third kappa shape index (κ3) is 1.96. The number of rotatable bonds is 2. The molecule has 0 saturated carbocycles. The van der Waals surface area contributed by atoms with Crippen LogP contribution >= 0.6 is 11.6 Å². The van der Waals surface area contributed by atoms with Gasteiger partial charge in [-0.1, -0.05) is 11.6 Å². The minimum Gasteiger partial charge on any atom is -0.380 e. The normalized spacial score (nSPS) is 21.6. The SMILES string of the molecule is COC1CCN(c2cnc(Cl)cn2)C1. The molecule has 14 heavy (non-hydrogen) atoms. The Kier molecular flexibility index (Phi) is 2.84. The second-order valence-electron chi connectivity index (χ2n) is 3.29. The highest BCUT2D eigenvalue weighted by atomic mass is 35.5. The van der Waals surface area contributed by atoms with Gasteiger partial charge in [-0.25, -0.2) is 9.97 Å². The Morgan fingerprint density at radius 2 is 2.36 bits per heavy atom. The van der Waals surface area contributed by atoms with E-state index in [1.165, 1.54) is 0 Å². The van der Waals surface area contributed by atoms with Gasteiger partial charge < -0.3 is 9.64 Å². The molecule has 0 aliphatic carbocycles. The molecule has 0 radical (unpaired) electrons. The molecule has 1 aliphatic heterocycles. The van der Waals surface area contributed by atoms with Gasteiger partial charge in [0.2, 0.25) is 0 Å². The first-order valence-electron chi connectivity index (χ1n) is 4.55. The van der Waals surface area contributed by atoms with Gasteiger partial charge in [-0.15, -0.1) is 0 Å². The lowest BCUT2D eigenvalue weighted by Gasteiger charge is -2.16. The van der Waals surface area contributed by atoms with Crippen LogP contribution in [0.1, 0.15) is 6.42 Å². The molecular weight excluding hydrogens is 202 g/mol. The number of aromatic nitrogens is 2. The molecule has 1 unspecified atom stereocenters. The molecule has 1 aromatic heterocycles. The van der Waals surface area contributed by atoms with E-state index < -0.39 is 0 Å². The Hall–Kier alpha value is -0.870. The summed E-state index contributed by atoms with van der Waals surface area (Å²) in [6.45, 7) is 1.85. The molecule has 0 N–H and O–H groups in total. The van der Waals surface area contributed by atoms with E-state index in [9.17, 15) is 0 Å². The molecule has 0 amide bonds. The summed E-state index contributed by atoms with van der Waals surface area (Å²) in [5.74, 6) is 0.869. The van der Waals surface area contributed by atoms with Crippen LogP contribution in [0, 0.1) is 0 Å². The van der Waals surface area contributed by atoms with E-state index in [0.717, 1.165) is 25.3 Å². The van der Waals surface area contributed by atoms with Crippen LogP contribution in [0.15, 0.2) is 12.4 Å². The zero-order valence-corrected chi connectivity index (χ0v) is 8.74. The summed E-state index contributed by atoms with van der Waals surface area (Å²) in [5.41, 5.74) is 0. The van der Waals surface area contributed by atoms with E-state index in [1.54, 1.807) is 19.5 Å². The predicted molar refractivity (Wildman–Crippen MR) is 54.7 cm³/mol. The molecule has 76 valence electrons. The molecule has 2 rings (SSSR count). The monoisotopic (exact) mass is 213 g/mol. The number of halogens is 1. The van der Waals surface area contributed by atoms with E-state index in [2.05, 4.69) is 14.9 Å². The Labute approximate surface area is 87.9 Å². The van der Waals surface area contributed by atoms with Gasteiger partial charge in [-0.3, -0.25) is 0 Å². The van der Waals surface area contributed by atoms with Crippen LogP contribution < -0.4 is 4.90 Å². The first kappa shape index (κ1) is 9.68. The number of hydrogen-bond acceptors (Lipinski definition) is 4. The van der Waals surface area contributed by atoms with Gasteiger partial charge in [0.15, 0.2) is 0 Å². The summed E-state index contributed by atoms with van der Waals surface area (Å²) in [5, 5.41) is 0.427. The Balaban J connectivity index is 2.06. The molecule has 1 aromatic rings. The maximum Gasteiger partial charge on any atom is 0.147 e. The summed E-state index contributed by atoms with van der Waals surface area (Å²) < 4.78 is 5.27. The van der Waals surface area contributed by atoms with Crippen molar-refractivity contribution in [1.29, 1.82) is 0 Å². The number of ether oxygens (including phenoxy) is 1. The van der Waals surface area contributed by atoms with Gasteiger partial charge in [0, 0.05) is 20.2 Å². The quantitative estimate of drug-likeness (QED) is 0.744. The average Bonchev–Trinajstić information content (AvgIpc) is 2.67. The fourth-order valence-corrected chi connectivity index (χ4v) is 1.70. The van der Waals surface area contributed by atoms with Crippen molar-refractivity contribution in [3.05, 3.63) is 17.5 Å². The second kappa shape index (κ2) is 4.11. The number of methoxy groups -OCH3 is 1. The predicted octanol–water partition coefficient (Wildman–Crippen LogP) is 1.36. The van der Waals surface area contributed by atoms with Crippen molar-refractivity contribution in [2.75, 3.05) is 25.1 Å². The molecule has 2 heterocycles. The zero-order valence-electron chi connectivity index (χ0n) is 7.98. The highest BCUT2D eigenvalue weighted by Crippen LogP contribution is 2.19. The lowest BCUT2D eigenvalue weighted by Crippen LogP contribution is -2.23. The van der Waals surface area contributed by atoms with Gasteiger partial charge >= 0.3 is 0 Å². The van der Waals surface area contributed by atoms with Crippen LogP contribution in [-0.2, 0) is 4.74 Å². The molecular formula is C9H12ClN3O. The lowest BCUT2D eigenvalue weighted by molar-refractivity contribution is 0.121. The Bertz CT molecular complexity index is 303. The molecule has 0 aromatic carbocycles. The maximum atomic E-state index is 5.66. The van der Waals surface area contributed by atoms with Gasteiger partial charge in [0.1, 0.15) is 11.0 Å². The van der Waals surface area contributed by atoms with E-state index in [0.29, 0.717) is 11.3 Å². The van der Waals surface area contributed by atoms with Crippen LogP contribution in [0.2, 0.25) is 5.15 Å². The van der Waals surface area contributed by atoms with Crippen molar-refractivity contribution in [1.82, 2.24) is 9.97 Å². The highest BCUT2D eigenvalue weighted by Gasteiger charge is 2.22. The summed E-state index contributed by atoms with van der Waals surface area (Å²) in [6.07, 6.45) is 4.62. The largest absolute Gasteiger partial charge is 0.380 e. The topological polar surface area (TPSA) is 38.2 Å². The molecule has 1 fully saturated rings. The minimum atomic E-state index is 0.312. The standard InChI is InChI=1S/C9H12ClN3O/c1-14-7-2-3-13(6-7)9-5-11-8(10)4-12-9/h4-5,7H,2-3,6H2,1H3. The Morgan fingerprint density at radius 3 is 2.93 bits per heavy atom. The zero-order chi connectivity index (χ0) is 9.97. The van der Waals surface area contributed by atoms with Crippen LogP contribution in [0.4, 0.5) is 5.82 Å². The van der Waals surface area contributed by atoms with E-state index in [4.69, 9.17) is 16.3 Å². The van der Waals surface area contributed by atoms with E-state index in [-0.39, 0.29) is 0 Å². The number of anilines is 1. The molecule has 0 bridgehead atoms. The molecule has 1 aliphatic rings. The van der Waals surface area contributed by atoms with Gasteiger partial charge in [-0.05, 0) is 6.42 Å². The summed E-state index contributed by atoms with van der Waals surface area (Å²) in [6, 6.07) is 0. The smallest absolute Gasteiger partial charge is 0.147 e. The summed E-state index contributed by atoms with van der Waals surface area (Å²) in [7, 11) is 1.74. The van der Waals surface area contributed by atoms with Crippen molar-refractivity contribution in [3.8, 4) is 0 Å². The minimum absolute atomic E-state index is 0.312. The molecule has 5 heteroatoms. The molecule has 1 atom stereocenters. The fourth-order valence-electron chi connectivity index (χ4n) is 1.60. The lowest BCUT2D eigenvalue weighted by atomic mass is 10.3. The summed E-state index contributed by atoms with van der Waals surface area (Å²) >= 11 is 5.66. The van der Waals surface area contributed by atoms with Crippen molar-refractivity contribution < 1.29 is 4.74 Å². The Morgan fingerprint density at radius 1 is 1.50 bits per heavy atom. The van der Waals surface area contributed by atoms with E-state index >= 15 is 0 Å². The van der Waals surface area contributed by atoms with E-state index in [1.807, 2.05) is 0 Å². The second-order valence-corrected chi connectivity index (χ2v) is 3.68. The van der Waals surface area contributed by atoms with Gasteiger partial charge in [0.05, 0.1) is 18.5 Å². The van der Waals surface area contributed by atoms with Crippen molar-refractivity contribution in [2.45, 2.75) is 12.5 Å². The van der Waals surface area contributed by atoms with Crippen molar-refractivity contribution >= 4 is 17.4 Å². The molecule has 0 spiro atoms. The third-order valence-corrected chi connectivity index (χ3v) is 2.60. The first-order valence-corrected chi connectivity index (χ1v) is 4.92. The van der Waals surface area contributed by atoms with Crippen LogP contribution in [-0.4, -0.2) is 36.3 Å². The van der Waals surface area contributed by atoms with Crippen LogP contribution in [0.5, 0.6) is 0 Å². The maximum absolute atomic E-state index is 5.66. The number of hydrogen-bond donors (Lipinski definition) is 0. The summed E-state index contributed by atoms with van der Waals surface area (Å²) in [4.78, 5) is 10.4. The van der Waals surface area contributed by atoms with Gasteiger partial charge in [0.25, 0.3) is 0 Å². The fraction of sp³-hybridized carbons (Fsp3) is 0.556. The first-order chi connectivity index (χ1) is 6.79. The molecule has 4 nitrogen and oxygen atoms in total. The third-order valence-electron chi connectivity index (χ3n) is 2.41. The average molecular weight is 214 g/mol. The van der Waals surface area contributed by atoms with Crippen molar-refractivity contribution in [3.63, 3.8) is 0 Å². The van der Waals surface area contributed by atoms with Crippen LogP contribution in [0.25, 0.3) is 0 Å². The van der Waals surface area contributed by atoms with Gasteiger partial charge in [-0.2, -0.15) is 0 Å². The van der Waals surface area contributed by atoms with Crippen molar-refractivity contribution in [2.24, 2.45) is 0 Å².